The predicted octanol–water partition coefficient (Wildman–Crippen LogP) is 2.69. The molecule has 0 aliphatic rings. The van der Waals surface area contributed by atoms with E-state index < -0.39 is 0 Å². The van der Waals surface area contributed by atoms with Gasteiger partial charge in [0.1, 0.15) is 17.5 Å². The van der Waals surface area contributed by atoms with Gasteiger partial charge >= 0.3 is 0 Å². The molecule has 1 aromatic carbocycles. The Labute approximate surface area is 93.5 Å². The number of aryl methyl sites for hydroxylation is 1. The van der Waals surface area contributed by atoms with Crippen LogP contribution < -0.4 is 5.73 Å². The minimum atomic E-state index is -0.316. The molecule has 3 nitrogen and oxygen atoms in total. The number of nitrogen functional groups attached to an aromatic ring is 1. The molecule has 0 spiro atoms. The third kappa shape index (κ3) is 2.10. The minimum absolute atomic E-state index is 0.316. The zero-order chi connectivity index (χ0) is 11.5. The molecule has 1 aromatic heterocycles. The number of hydrogen-bond acceptors (Lipinski definition) is 3. The smallest absolute Gasteiger partial charge is 0.135 e. The molecular weight excluding hydrogens is 205 g/mol. The topological polar surface area (TPSA) is 51.8 Å². The van der Waals surface area contributed by atoms with Gasteiger partial charge in [-0.05, 0) is 24.6 Å². The maximum Gasteiger partial charge on any atom is 0.135 e. The van der Waals surface area contributed by atoms with Crippen LogP contribution in [0, 0.1) is 5.82 Å². The van der Waals surface area contributed by atoms with Crippen LogP contribution >= 0.6 is 0 Å². The summed E-state index contributed by atoms with van der Waals surface area (Å²) in [6, 6.07) is 4.39. The van der Waals surface area contributed by atoms with Gasteiger partial charge in [0.05, 0.1) is 5.52 Å². The molecule has 0 radical (unpaired) electrons. The Morgan fingerprint density at radius 3 is 2.88 bits per heavy atom. The molecular formula is C12H14FN3. The number of fused-ring (bicyclic) bond motifs is 1. The summed E-state index contributed by atoms with van der Waals surface area (Å²) in [6.07, 6.45) is 2.94. The van der Waals surface area contributed by atoms with E-state index in [1.807, 2.05) is 0 Å². The first kappa shape index (κ1) is 10.8. The van der Waals surface area contributed by atoms with E-state index in [0.29, 0.717) is 16.7 Å². The second-order valence-corrected chi connectivity index (χ2v) is 3.79. The molecule has 0 saturated heterocycles. The Morgan fingerprint density at radius 2 is 2.12 bits per heavy atom. The summed E-state index contributed by atoms with van der Waals surface area (Å²) in [5, 5.41) is 0.584. The molecule has 84 valence electrons. The second kappa shape index (κ2) is 4.43. The van der Waals surface area contributed by atoms with Gasteiger partial charge in [0.15, 0.2) is 0 Å². The van der Waals surface area contributed by atoms with Gasteiger partial charge in [-0.25, -0.2) is 14.4 Å². The first-order chi connectivity index (χ1) is 7.70. The normalized spacial score (nSPS) is 10.9. The van der Waals surface area contributed by atoms with E-state index in [1.165, 1.54) is 12.1 Å². The van der Waals surface area contributed by atoms with Crippen LogP contribution in [0.2, 0.25) is 0 Å². The maximum absolute atomic E-state index is 13.0. The molecule has 0 saturated carbocycles. The Kier molecular flexibility index (Phi) is 2.99. The number of nitrogens with two attached hydrogens (primary N) is 1. The Morgan fingerprint density at radius 1 is 1.31 bits per heavy atom. The summed E-state index contributed by atoms with van der Waals surface area (Å²) in [6.45, 7) is 2.11. The van der Waals surface area contributed by atoms with Crippen molar-refractivity contribution >= 4 is 16.7 Å². The molecule has 0 bridgehead atoms. The van der Waals surface area contributed by atoms with E-state index >= 15 is 0 Å². The third-order valence-corrected chi connectivity index (χ3v) is 2.49. The highest BCUT2D eigenvalue weighted by atomic mass is 19.1. The molecule has 16 heavy (non-hydrogen) atoms. The molecule has 1 heterocycles. The van der Waals surface area contributed by atoms with Crippen molar-refractivity contribution in [3.63, 3.8) is 0 Å². The van der Waals surface area contributed by atoms with Crippen LogP contribution in [0.4, 0.5) is 10.2 Å². The van der Waals surface area contributed by atoms with E-state index in [4.69, 9.17) is 5.73 Å². The highest BCUT2D eigenvalue weighted by molar-refractivity contribution is 5.87. The van der Waals surface area contributed by atoms with E-state index in [-0.39, 0.29) is 5.82 Å². The molecule has 0 aliphatic carbocycles. The summed E-state index contributed by atoms with van der Waals surface area (Å²) in [5.74, 6) is 0.776. The number of aromatic nitrogens is 2. The number of rotatable bonds is 3. The molecule has 2 aromatic rings. The molecule has 0 fully saturated rings. The van der Waals surface area contributed by atoms with Crippen molar-refractivity contribution in [3.05, 3.63) is 29.8 Å². The Hall–Kier alpha value is -1.71. The molecule has 0 amide bonds. The van der Waals surface area contributed by atoms with Gasteiger partial charge in [-0.1, -0.05) is 13.3 Å². The lowest BCUT2D eigenvalue weighted by Crippen LogP contribution is -2.01. The molecule has 2 rings (SSSR count). The maximum atomic E-state index is 13.0. The second-order valence-electron chi connectivity index (χ2n) is 3.79. The first-order valence-corrected chi connectivity index (χ1v) is 5.42. The van der Waals surface area contributed by atoms with E-state index in [0.717, 1.165) is 25.1 Å². The Bertz CT molecular complexity index is 511. The lowest BCUT2D eigenvalue weighted by molar-refractivity contribution is 0.629. The SMILES string of the molecule is CCCCc1nc(N)c2cc(F)ccc2n1. The van der Waals surface area contributed by atoms with E-state index in [9.17, 15) is 4.39 Å². The average Bonchev–Trinajstić information content (AvgIpc) is 2.27. The largest absolute Gasteiger partial charge is 0.383 e. The molecule has 4 heteroatoms. The number of unbranched alkanes of at least 4 members (excludes halogenated alkanes) is 1. The molecule has 0 aliphatic heterocycles. The number of halogens is 1. The summed E-state index contributed by atoms with van der Waals surface area (Å²) in [5.41, 5.74) is 6.49. The van der Waals surface area contributed by atoms with Gasteiger partial charge in [-0.15, -0.1) is 0 Å². The van der Waals surface area contributed by atoms with Gasteiger partial charge < -0.3 is 5.73 Å². The summed E-state index contributed by atoms with van der Waals surface area (Å²) >= 11 is 0. The van der Waals surface area contributed by atoms with Crippen LogP contribution in [-0.4, -0.2) is 9.97 Å². The van der Waals surface area contributed by atoms with Crippen LogP contribution in [-0.2, 0) is 6.42 Å². The summed E-state index contributed by atoms with van der Waals surface area (Å²) in [4.78, 5) is 8.54. The fraction of sp³-hybridized carbons (Fsp3) is 0.333. The van der Waals surface area contributed by atoms with Crippen LogP contribution in [0.15, 0.2) is 18.2 Å². The molecule has 0 unspecified atom stereocenters. The van der Waals surface area contributed by atoms with Gasteiger partial charge in [-0.3, -0.25) is 0 Å². The van der Waals surface area contributed by atoms with Crippen LogP contribution in [0.1, 0.15) is 25.6 Å². The average molecular weight is 219 g/mol. The fourth-order valence-corrected chi connectivity index (χ4v) is 1.62. The van der Waals surface area contributed by atoms with Gasteiger partial charge in [0.2, 0.25) is 0 Å². The first-order valence-electron chi connectivity index (χ1n) is 5.42. The zero-order valence-corrected chi connectivity index (χ0v) is 9.20. The highest BCUT2D eigenvalue weighted by Gasteiger charge is 2.05. The lowest BCUT2D eigenvalue weighted by Gasteiger charge is -2.04. The standard InChI is InChI=1S/C12H14FN3/c1-2-3-4-11-15-10-6-5-8(13)7-9(10)12(14)16-11/h5-7H,2-4H2,1H3,(H2,14,15,16). The molecule has 0 atom stereocenters. The van der Waals surface area contributed by atoms with Crippen molar-refractivity contribution in [1.82, 2.24) is 9.97 Å². The number of benzene rings is 1. The number of hydrogen-bond donors (Lipinski definition) is 1. The molecule has 2 N–H and O–H groups in total. The van der Waals surface area contributed by atoms with Crippen molar-refractivity contribution in [1.29, 1.82) is 0 Å². The van der Waals surface area contributed by atoms with Gasteiger partial charge in [0, 0.05) is 11.8 Å². The fourth-order valence-electron chi connectivity index (χ4n) is 1.62. The van der Waals surface area contributed by atoms with Gasteiger partial charge in [0.25, 0.3) is 0 Å². The van der Waals surface area contributed by atoms with Crippen molar-refractivity contribution in [2.75, 3.05) is 5.73 Å². The number of nitrogens with zero attached hydrogens (tertiary/aromatic N) is 2. The van der Waals surface area contributed by atoms with Crippen LogP contribution in [0.3, 0.4) is 0 Å². The quantitative estimate of drug-likeness (QED) is 0.863. The minimum Gasteiger partial charge on any atom is -0.383 e. The van der Waals surface area contributed by atoms with Crippen LogP contribution in [0.25, 0.3) is 10.9 Å². The van der Waals surface area contributed by atoms with Gasteiger partial charge in [-0.2, -0.15) is 0 Å². The van der Waals surface area contributed by atoms with Crippen molar-refractivity contribution in [2.45, 2.75) is 26.2 Å². The van der Waals surface area contributed by atoms with Crippen molar-refractivity contribution < 1.29 is 4.39 Å². The van der Waals surface area contributed by atoms with E-state index in [2.05, 4.69) is 16.9 Å². The number of anilines is 1. The van der Waals surface area contributed by atoms with Crippen molar-refractivity contribution in [2.24, 2.45) is 0 Å². The zero-order valence-electron chi connectivity index (χ0n) is 9.20. The lowest BCUT2D eigenvalue weighted by atomic mass is 10.2. The summed E-state index contributed by atoms with van der Waals surface area (Å²) in [7, 11) is 0. The predicted molar refractivity (Wildman–Crippen MR) is 62.5 cm³/mol. The highest BCUT2D eigenvalue weighted by Crippen LogP contribution is 2.19. The monoisotopic (exact) mass is 219 g/mol. The van der Waals surface area contributed by atoms with Crippen molar-refractivity contribution in [3.8, 4) is 0 Å². The van der Waals surface area contributed by atoms with E-state index in [1.54, 1.807) is 6.07 Å². The van der Waals surface area contributed by atoms with Crippen LogP contribution in [0.5, 0.6) is 0 Å². The summed E-state index contributed by atoms with van der Waals surface area (Å²) < 4.78 is 13.0. The third-order valence-electron chi connectivity index (χ3n) is 2.49. The Balaban J connectivity index is 2.46.